The first-order chi connectivity index (χ1) is 19.2. The number of aromatic nitrogens is 3. The van der Waals surface area contributed by atoms with Crippen molar-refractivity contribution in [3.8, 4) is 10.6 Å². The molecule has 9 nitrogen and oxygen atoms in total. The summed E-state index contributed by atoms with van der Waals surface area (Å²) < 4.78 is 0. The number of nitrogens with zero attached hydrogens (tertiary/aromatic N) is 6. The van der Waals surface area contributed by atoms with Gasteiger partial charge in [-0.15, -0.1) is 22.7 Å². The van der Waals surface area contributed by atoms with E-state index in [9.17, 15) is 9.59 Å². The minimum absolute atomic E-state index is 0.107. The third kappa shape index (κ3) is 6.71. The number of carboxylic acids is 1. The number of anilines is 1. The van der Waals surface area contributed by atoms with E-state index < -0.39 is 5.97 Å². The summed E-state index contributed by atoms with van der Waals surface area (Å²) in [6, 6.07) is 3.19. The smallest absolute Gasteiger partial charge is 0.304 e. The van der Waals surface area contributed by atoms with Crippen LogP contribution in [0.1, 0.15) is 60.4 Å². The number of piperazine rings is 1. The summed E-state index contributed by atoms with van der Waals surface area (Å²) >= 11 is 9.42. The summed E-state index contributed by atoms with van der Waals surface area (Å²) in [4.78, 5) is 47.1. The Labute approximate surface area is 247 Å². The molecule has 214 valence electrons. The zero-order chi connectivity index (χ0) is 28.4. The van der Waals surface area contributed by atoms with Crippen LogP contribution in [0.25, 0.3) is 10.6 Å². The van der Waals surface area contributed by atoms with Crippen LogP contribution in [-0.2, 0) is 17.8 Å². The second kappa shape index (κ2) is 12.6. The molecule has 12 heteroatoms. The van der Waals surface area contributed by atoms with Gasteiger partial charge in [-0.05, 0) is 39.7 Å². The number of thiazole rings is 1. The fraction of sp³-hybridized carbons (Fsp3) is 0.536. The van der Waals surface area contributed by atoms with Crippen LogP contribution in [0.15, 0.2) is 23.8 Å². The number of Topliss-reactive ketones (excluding diaryl/α,β-unsaturated/α-hetero) is 1. The Morgan fingerprint density at radius 3 is 2.50 bits per heavy atom. The molecule has 5 rings (SSSR count). The Morgan fingerprint density at radius 1 is 1.10 bits per heavy atom. The molecule has 0 unspecified atom stereocenters. The van der Waals surface area contributed by atoms with Gasteiger partial charge in [0, 0.05) is 61.1 Å². The lowest BCUT2D eigenvalue weighted by Crippen LogP contribution is -2.52. The zero-order valence-electron chi connectivity index (χ0n) is 23.0. The summed E-state index contributed by atoms with van der Waals surface area (Å²) in [5.74, 6) is -0.161. The number of ketones is 1. The van der Waals surface area contributed by atoms with Crippen LogP contribution in [0.5, 0.6) is 0 Å². The lowest BCUT2D eigenvalue weighted by molar-refractivity contribution is -0.137. The number of carbonyl (C=O) groups excluding carboxylic acids is 1. The summed E-state index contributed by atoms with van der Waals surface area (Å²) in [6.45, 7) is 10.2. The monoisotopic (exact) mass is 602 g/mol. The van der Waals surface area contributed by atoms with Gasteiger partial charge in [0.1, 0.15) is 16.5 Å². The average Bonchev–Trinajstić information content (AvgIpc) is 3.63. The van der Waals surface area contributed by atoms with Crippen molar-refractivity contribution in [3.05, 3.63) is 44.4 Å². The molecule has 3 aromatic rings. The van der Waals surface area contributed by atoms with Gasteiger partial charge in [0.15, 0.2) is 5.78 Å². The molecule has 0 spiro atoms. The van der Waals surface area contributed by atoms with Crippen molar-refractivity contribution in [2.75, 3.05) is 31.1 Å². The molecule has 0 aliphatic carbocycles. The number of likely N-dealkylation sites (tertiary alicyclic amines) is 1. The Bertz CT molecular complexity index is 1340. The average molecular weight is 603 g/mol. The standard InChI is InChI=1S/C28H35ClN6O3S2/c1-17-4-5-18(2)35(17)15-24-28(23-10-20(29)16-39-23)32-26(40-24)11-22(36)21-12-31-25(13-30-21)34-9-8-33(19(3)14-34)7-6-27(37)38/h10,12-13,16-19H,4-9,11,14-15H2,1-3H3,(H,37,38)/t17-,18-,19+/m1/s1. The van der Waals surface area contributed by atoms with Gasteiger partial charge in [-0.25, -0.2) is 15.0 Å². The lowest BCUT2D eigenvalue weighted by atomic mass is 10.2. The molecule has 0 radical (unpaired) electrons. The van der Waals surface area contributed by atoms with E-state index in [4.69, 9.17) is 21.7 Å². The fourth-order valence-corrected chi connectivity index (χ4v) is 7.82. The predicted octanol–water partition coefficient (Wildman–Crippen LogP) is 5.10. The Morgan fingerprint density at radius 2 is 1.88 bits per heavy atom. The van der Waals surface area contributed by atoms with Gasteiger partial charge < -0.3 is 10.0 Å². The van der Waals surface area contributed by atoms with E-state index in [-0.39, 0.29) is 24.7 Å². The fourth-order valence-electron chi connectivity index (χ4n) is 5.57. The maximum Gasteiger partial charge on any atom is 0.304 e. The highest BCUT2D eigenvalue weighted by atomic mass is 35.5. The molecular weight excluding hydrogens is 568 g/mol. The van der Waals surface area contributed by atoms with E-state index >= 15 is 0 Å². The largest absolute Gasteiger partial charge is 0.481 e. The van der Waals surface area contributed by atoms with E-state index in [0.29, 0.717) is 29.3 Å². The van der Waals surface area contributed by atoms with Crippen LogP contribution in [0, 0.1) is 0 Å². The number of carboxylic acid groups (broad SMARTS) is 1. The maximum absolute atomic E-state index is 13.2. The Kier molecular flexibility index (Phi) is 9.16. The first kappa shape index (κ1) is 29.1. The van der Waals surface area contributed by atoms with Crippen LogP contribution in [0.3, 0.4) is 0 Å². The van der Waals surface area contributed by atoms with Gasteiger partial charge in [-0.1, -0.05) is 11.6 Å². The van der Waals surface area contributed by atoms with E-state index in [0.717, 1.165) is 47.6 Å². The first-order valence-electron chi connectivity index (χ1n) is 13.7. The van der Waals surface area contributed by atoms with Gasteiger partial charge in [0.05, 0.1) is 40.8 Å². The predicted molar refractivity (Wildman–Crippen MR) is 160 cm³/mol. The number of halogens is 1. The van der Waals surface area contributed by atoms with Crippen molar-refractivity contribution < 1.29 is 14.7 Å². The SMILES string of the molecule is C[C@@H]1CC[C@@H](C)N1Cc1sc(CC(=O)c2cnc(N3CCN(CCC(=O)O)[C@@H](C)C3)cn2)nc1-c1cc(Cl)cs1. The number of carbonyl (C=O) groups is 2. The van der Waals surface area contributed by atoms with Crippen LogP contribution >= 0.6 is 34.3 Å². The molecule has 3 aromatic heterocycles. The molecule has 0 bridgehead atoms. The molecule has 3 atom stereocenters. The molecule has 2 aliphatic rings. The summed E-state index contributed by atoms with van der Waals surface area (Å²) in [7, 11) is 0. The molecule has 40 heavy (non-hydrogen) atoms. The Balaban J connectivity index is 1.26. The zero-order valence-corrected chi connectivity index (χ0v) is 25.4. The molecular formula is C28H35ClN6O3S2. The Hall–Kier alpha value is -2.44. The van der Waals surface area contributed by atoms with Gasteiger partial charge in [0.25, 0.3) is 0 Å². The van der Waals surface area contributed by atoms with E-state index in [2.05, 4.69) is 45.4 Å². The summed E-state index contributed by atoms with van der Waals surface area (Å²) in [5.41, 5.74) is 1.25. The minimum Gasteiger partial charge on any atom is -0.481 e. The van der Waals surface area contributed by atoms with Crippen molar-refractivity contribution in [2.45, 2.75) is 71.1 Å². The van der Waals surface area contributed by atoms with Gasteiger partial charge in [0.2, 0.25) is 0 Å². The molecule has 5 heterocycles. The second-order valence-electron chi connectivity index (χ2n) is 10.8. The first-order valence-corrected chi connectivity index (χ1v) is 15.8. The van der Waals surface area contributed by atoms with Crippen LogP contribution in [0.4, 0.5) is 5.82 Å². The van der Waals surface area contributed by atoms with Crippen LogP contribution in [-0.4, -0.2) is 85.9 Å². The highest BCUT2D eigenvalue weighted by Crippen LogP contribution is 2.37. The van der Waals surface area contributed by atoms with Crippen molar-refractivity contribution >= 4 is 51.8 Å². The van der Waals surface area contributed by atoms with E-state index in [1.807, 2.05) is 11.4 Å². The molecule has 2 fully saturated rings. The lowest BCUT2D eigenvalue weighted by Gasteiger charge is -2.40. The molecule has 1 N–H and O–H groups in total. The highest BCUT2D eigenvalue weighted by Gasteiger charge is 2.30. The number of rotatable bonds is 10. The molecule has 2 saturated heterocycles. The number of aliphatic carboxylic acids is 1. The van der Waals surface area contributed by atoms with Crippen molar-refractivity contribution in [3.63, 3.8) is 0 Å². The molecule has 0 saturated carbocycles. The minimum atomic E-state index is -0.780. The van der Waals surface area contributed by atoms with Crippen LogP contribution < -0.4 is 4.90 Å². The number of thiophene rings is 1. The summed E-state index contributed by atoms with van der Waals surface area (Å²) in [5, 5.41) is 12.4. The molecule has 0 amide bonds. The third-order valence-electron chi connectivity index (χ3n) is 7.94. The number of hydrogen-bond donors (Lipinski definition) is 1. The molecule has 2 aliphatic heterocycles. The second-order valence-corrected chi connectivity index (χ2v) is 13.3. The van der Waals surface area contributed by atoms with Crippen molar-refractivity contribution in [1.29, 1.82) is 0 Å². The topological polar surface area (TPSA) is 103 Å². The molecule has 0 aromatic carbocycles. The normalized spacial score (nSPS) is 22.2. The van der Waals surface area contributed by atoms with Gasteiger partial charge in [-0.2, -0.15) is 0 Å². The van der Waals surface area contributed by atoms with Gasteiger partial charge in [-0.3, -0.25) is 19.4 Å². The maximum atomic E-state index is 13.2. The van der Waals surface area contributed by atoms with E-state index in [1.54, 1.807) is 35.1 Å². The van der Waals surface area contributed by atoms with E-state index in [1.165, 1.54) is 17.7 Å². The highest BCUT2D eigenvalue weighted by molar-refractivity contribution is 7.15. The van der Waals surface area contributed by atoms with Gasteiger partial charge >= 0.3 is 5.97 Å². The number of hydrogen-bond acceptors (Lipinski definition) is 10. The van der Waals surface area contributed by atoms with Crippen molar-refractivity contribution in [1.82, 2.24) is 24.8 Å². The van der Waals surface area contributed by atoms with Crippen molar-refractivity contribution in [2.24, 2.45) is 0 Å². The quantitative estimate of drug-likeness (QED) is 0.318. The third-order valence-corrected chi connectivity index (χ3v) is 10.3. The summed E-state index contributed by atoms with van der Waals surface area (Å²) in [6.07, 6.45) is 5.92. The van der Waals surface area contributed by atoms with Crippen LogP contribution in [0.2, 0.25) is 5.02 Å².